The first-order chi connectivity index (χ1) is 6.29. The maximum absolute atomic E-state index is 11.4. The Hall–Kier alpha value is -1.19. The minimum absolute atomic E-state index is 0.152. The van der Waals surface area contributed by atoms with E-state index in [1.807, 2.05) is 19.6 Å². The number of rotatable bonds is 4. The highest BCUT2D eigenvalue weighted by Gasteiger charge is 2.38. The number of carbonyl (C=O) groups is 1. The lowest BCUT2D eigenvalue weighted by molar-refractivity contribution is -0.138. The molecule has 0 radical (unpaired) electrons. The summed E-state index contributed by atoms with van der Waals surface area (Å²) >= 11 is 0. The largest absolute Gasteiger partial charge is 0.453 e. The molecule has 0 amide bonds. The second-order valence-electron chi connectivity index (χ2n) is 4.23. The maximum atomic E-state index is 11.4. The van der Waals surface area contributed by atoms with Crippen LogP contribution in [0.2, 0.25) is 19.6 Å². The van der Waals surface area contributed by atoms with E-state index in [4.69, 9.17) is 10.3 Å². The van der Waals surface area contributed by atoms with Crippen molar-refractivity contribution < 1.29 is 14.3 Å². The molecule has 0 aromatic rings. The van der Waals surface area contributed by atoms with E-state index in [0.29, 0.717) is 0 Å². The van der Waals surface area contributed by atoms with E-state index in [1.54, 1.807) is 6.92 Å². The molecule has 0 aliphatic heterocycles. The first-order valence-corrected chi connectivity index (χ1v) is 7.83. The Morgan fingerprint density at radius 1 is 1.50 bits per heavy atom. The van der Waals surface area contributed by atoms with Crippen LogP contribution in [0.25, 0.3) is 5.53 Å². The molecule has 0 spiro atoms. The van der Waals surface area contributed by atoms with Crippen LogP contribution in [-0.2, 0) is 9.53 Å². The highest BCUT2D eigenvalue weighted by molar-refractivity contribution is 7.11. The molecule has 78 valence electrons. The van der Waals surface area contributed by atoms with E-state index in [9.17, 15) is 4.79 Å². The van der Waals surface area contributed by atoms with Gasteiger partial charge in [-0.2, -0.15) is 4.79 Å². The van der Waals surface area contributed by atoms with Gasteiger partial charge in [0.2, 0.25) is 0 Å². The summed E-state index contributed by atoms with van der Waals surface area (Å²) in [5.74, 6) is -0.547. The molecule has 0 bridgehead atoms. The van der Waals surface area contributed by atoms with Crippen LogP contribution in [0.4, 0.5) is 0 Å². The zero-order chi connectivity index (χ0) is 11.4. The zero-order valence-corrected chi connectivity index (χ0v) is 10.1. The first kappa shape index (κ1) is 12.8. The molecule has 0 aliphatic carbocycles. The summed E-state index contributed by atoms with van der Waals surface area (Å²) in [6.45, 7) is 11.3. The number of ether oxygens (including phenoxy) is 1. The molecule has 0 aromatic heterocycles. The quantitative estimate of drug-likeness (QED) is 0.178. The third-order valence-electron chi connectivity index (χ3n) is 1.45. The van der Waals surface area contributed by atoms with Crippen LogP contribution in [0.1, 0.15) is 6.92 Å². The van der Waals surface area contributed by atoms with Crippen molar-refractivity contribution in [3.8, 4) is 0 Å². The van der Waals surface area contributed by atoms with E-state index in [2.05, 4.69) is 11.4 Å². The fraction of sp³-hybridized carbons (Fsp3) is 0.556. The summed E-state index contributed by atoms with van der Waals surface area (Å²) in [4.78, 5) is 14.4. The Labute approximate surface area is 85.2 Å². The smallest absolute Gasteiger partial charge is 0.410 e. The van der Waals surface area contributed by atoms with Gasteiger partial charge in [-0.05, 0) is 12.5 Å². The minimum atomic E-state index is -1.93. The monoisotopic (exact) mass is 212 g/mol. The molecule has 0 N–H and O–H groups in total. The summed E-state index contributed by atoms with van der Waals surface area (Å²) in [5, 5.41) is 0.152. The molecule has 0 saturated carbocycles. The molecule has 0 heterocycles. The van der Waals surface area contributed by atoms with Gasteiger partial charge in [0.25, 0.3) is 0 Å². The van der Waals surface area contributed by atoms with Gasteiger partial charge < -0.3 is 10.3 Å². The normalized spacial score (nSPS) is 10.3. The van der Waals surface area contributed by atoms with E-state index in [0.717, 1.165) is 5.57 Å². The van der Waals surface area contributed by atoms with Crippen LogP contribution in [0.5, 0.6) is 0 Å². The predicted molar refractivity (Wildman–Crippen MR) is 57.7 cm³/mol. The number of nitrogens with zero attached hydrogens (tertiary/aromatic N) is 2. The van der Waals surface area contributed by atoms with Crippen molar-refractivity contribution in [3.05, 3.63) is 17.7 Å². The van der Waals surface area contributed by atoms with Crippen molar-refractivity contribution in [3.63, 3.8) is 0 Å². The van der Waals surface area contributed by atoms with Gasteiger partial charge in [0.05, 0.1) is 0 Å². The van der Waals surface area contributed by atoms with Gasteiger partial charge >= 0.3 is 11.3 Å². The van der Waals surface area contributed by atoms with Crippen LogP contribution < -0.4 is 0 Å². The number of hydrogen-bond acceptors (Lipinski definition) is 2. The van der Waals surface area contributed by atoms with Crippen LogP contribution >= 0.6 is 0 Å². The maximum Gasteiger partial charge on any atom is 0.410 e. The van der Waals surface area contributed by atoms with E-state index in [-0.39, 0.29) is 11.9 Å². The fourth-order valence-corrected chi connectivity index (χ4v) is 1.74. The van der Waals surface area contributed by atoms with Gasteiger partial charge in [0.1, 0.15) is 6.61 Å². The topological polar surface area (TPSA) is 62.7 Å². The lowest BCUT2D eigenvalue weighted by Crippen LogP contribution is -2.41. The third-order valence-corrected chi connectivity index (χ3v) is 3.18. The number of esters is 1. The molecule has 0 aliphatic rings. The Bertz CT molecular complexity index is 298. The van der Waals surface area contributed by atoms with Gasteiger partial charge in [-0.1, -0.05) is 26.2 Å². The van der Waals surface area contributed by atoms with Crippen LogP contribution in [-0.4, -0.2) is 30.8 Å². The summed E-state index contributed by atoms with van der Waals surface area (Å²) < 4.78 is 4.89. The Balaban J connectivity index is 4.52. The zero-order valence-electron chi connectivity index (χ0n) is 9.13. The molecule has 4 nitrogen and oxygen atoms in total. The average molecular weight is 212 g/mol. The van der Waals surface area contributed by atoms with Crippen LogP contribution in [0.3, 0.4) is 0 Å². The van der Waals surface area contributed by atoms with Crippen molar-refractivity contribution >= 4 is 19.4 Å². The molecular weight excluding hydrogens is 196 g/mol. The van der Waals surface area contributed by atoms with Crippen molar-refractivity contribution in [1.82, 2.24) is 0 Å². The van der Waals surface area contributed by atoms with E-state index in [1.165, 1.54) is 0 Å². The molecule has 0 unspecified atom stereocenters. The highest BCUT2D eigenvalue weighted by Crippen LogP contribution is 2.04. The van der Waals surface area contributed by atoms with Gasteiger partial charge in [0.15, 0.2) is 8.07 Å². The molecular formula is C9H16N2O2Si. The second-order valence-corrected chi connectivity index (χ2v) is 9.21. The van der Waals surface area contributed by atoms with Crippen LogP contribution in [0.15, 0.2) is 12.2 Å². The average Bonchev–Trinajstić information content (AvgIpc) is 1.99. The molecule has 0 fully saturated rings. The van der Waals surface area contributed by atoms with Gasteiger partial charge in [-0.25, -0.2) is 4.79 Å². The SMILES string of the molecule is C=C(C)COC(=O)C(=[N+]=[N-])[Si](C)(C)C. The van der Waals surface area contributed by atoms with Gasteiger partial charge in [-0.3, -0.25) is 0 Å². The first-order valence-electron chi connectivity index (χ1n) is 4.33. The van der Waals surface area contributed by atoms with E-state index >= 15 is 0 Å². The number of hydrogen-bond donors (Lipinski definition) is 0. The van der Waals surface area contributed by atoms with E-state index < -0.39 is 14.0 Å². The molecule has 0 saturated heterocycles. The van der Waals surface area contributed by atoms with Crippen molar-refractivity contribution in [2.75, 3.05) is 6.61 Å². The number of carbonyl (C=O) groups excluding carboxylic acids is 1. The summed E-state index contributed by atoms with van der Waals surface area (Å²) in [5.41, 5.74) is 9.45. The van der Waals surface area contributed by atoms with Crippen molar-refractivity contribution in [2.45, 2.75) is 26.6 Å². The Morgan fingerprint density at radius 2 is 2.00 bits per heavy atom. The molecule has 0 aromatic carbocycles. The van der Waals surface area contributed by atoms with Crippen LogP contribution in [0, 0.1) is 0 Å². The molecule has 5 heteroatoms. The standard InChI is InChI=1S/C9H16N2O2Si/c1-7(2)6-13-9(12)8(11-10)14(3,4)5/h1,6H2,2-5H3. The molecule has 0 atom stereocenters. The summed E-state index contributed by atoms with van der Waals surface area (Å²) in [7, 11) is -1.93. The molecule has 0 rings (SSSR count). The third kappa shape index (κ3) is 4.16. The lowest BCUT2D eigenvalue weighted by Gasteiger charge is -2.08. The minimum Gasteiger partial charge on any atom is -0.453 e. The van der Waals surface area contributed by atoms with Gasteiger partial charge in [-0.15, -0.1) is 0 Å². The van der Waals surface area contributed by atoms with Gasteiger partial charge in [0, 0.05) is 0 Å². The Morgan fingerprint density at radius 3 is 2.29 bits per heavy atom. The lowest BCUT2D eigenvalue weighted by atomic mass is 10.4. The summed E-state index contributed by atoms with van der Waals surface area (Å²) in [6, 6.07) is 0. The fourth-order valence-electron chi connectivity index (χ4n) is 0.754. The van der Waals surface area contributed by atoms with Crippen molar-refractivity contribution in [2.24, 2.45) is 0 Å². The van der Waals surface area contributed by atoms with Crippen molar-refractivity contribution in [1.29, 1.82) is 0 Å². The Kier molecular flexibility index (Phi) is 4.47. The highest BCUT2D eigenvalue weighted by atomic mass is 28.3. The second kappa shape index (κ2) is 4.88. The molecule has 14 heavy (non-hydrogen) atoms. The predicted octanol–water partition coefficient (Wildman–Crippen LogP) is 1.65. The summed E-state index contributed by atoms with van der Waals surface area (Å²) in [6.07, 6.45) is 0.